The number of hydrogen-bond donors (Lipinski definition) is 2. The zero-order chi connectivity index (χ0) is 14.5. The Morgan fingerprint density at radius 3 is 2.71 bits per heavy atom. The minimum Gasteiger partial charge on any atom is -0.348 e. The highest BCUT2D eigenvalue weighted by Gasteiger charge is 2.40. The number of aromatic nitrogens is 2. The zero-order valence-corrected chi connectivity index (χ0v) is 11.7. The molecule has 1 aromatic carbocycles. The Kier molecular flexibility index (Phi) is 3.96. The lowest BCUT2D eigenvalue weighted by atomic mass is 9.72. The number of carbonyl (C=O) groups is 1. The van der Waals surface area contributed by atoms with Crippen molar-refractivity contribution in [2.24, 2.45) is 0 Å². The zero-order valence-electron chi connectivity index (χ0n) is 11.7. The van der Waals surface area contributed by atoms with Gasteiger partial charge in [-0.3, -0.25) is 4.79 Å². The lowest BCUT2D eigenvalue weighted by Gasteiger charge is -2.36. The Balaban J connectivity index is 1.80. The van der Waals surface area contributed by atoms with Crippen LogP contribution in [0.5, 0.6) is 0 Å². The molecule has 21 heavy (non-hydrogen) atoms. The number of piperidine rings is 1. The summed E-state index contributed by atoms with van der Waals surface area (Å²) in [5.74, 6) is 0.514. The lowest BCUT2D eigenvalue weighted by Crippen LogP contribution is -2.50. The van der Waals surface area contributed by atoms with Crippen molar-refractivity contribution in [3.63, 3.8) is 0 Å². The van der Waals surface area contributed by atoms with Gasteiger partial charge < -0.3 is 15.2 Å². The molecule has 110 valence electrons. The van der Waals surface area contributed by atoms with E-state index in [2.05, 4.69) is 25.3 Å². The Bertz CT molecular complexity index is 577. The summed E-state index contributed by atoms with van der Waals surface area (Å²) in [7, 11) is 0. The van der Waals surface area contributed by atoms with E-state index in [-0.39, 0.29) is 12.5 Å². The van der Waals surface area contributed by atoms with E-state index >= 15 is 0 Å². The smallest absolute Gasteiger partial charge is 0.231 e. The summed E-state index contributed by atoms with van der Waals surface area (Å²) in [4.78, 5) is 16.7. The Hall–Kier alpha value is -2.21. The van der Waals surface area contributed by atoms with Gasteiger partial charge in [0, 0.05) is 0 Å². The quantitative estimate of drug-likeness (QED) is 0.876. The third-order valence-electron chi connectivity index (χ3n) is 4.03. The van der Waals surface area contributed by atoms with E-state index in [1.54, 1.807) is 0 Å². The van der Waals surface area contributed by atoms with Gasteiger partial charge in [0.2, 0.25) is 12.3 Å². The van der Waals surface area contributed by atoms with Crippen molar-refractivity contribution < 1.29 is 9.32 Å². The van der Waals surface area contributed by atoms with Gasteiger partial charge in [0.15, 0.2) is 5.82 Å². The van der Waals surface area contributed by atoms with Gasteiger partial charge in [-0.1, -0.05) is 35.5 Å². The molecule has 0 radical (unpaired) electrons. The second-order valence-electron chi connectivity index (χ2n) is 5.23. The minimum atomic E-state index is -0.476. The number of carbonyl (C=O) groups excluding carboxylic acids is 1. The van der Waals surface area contributed by atoms with Gasteiger partial charge in [-0.25, -0.2) is 0 Å². The van der Waals surface area contributed by atoms with Gasteiger partial charge in [-0.15, -0.1) is 0 Å². The van der Waals surface area contributed by atoms with E-state index in [1.807, 2.05) is 30.3 Å². The number of hydrogen-bond acceptors (Lipinski definition) is 5. The highest BCUT2D eigenvalue weighted by molar-refractivity contribution is 5.88. The predicted molar refractivity (Wildman–Crippen MR) is 76.4 cm³/mol. The number of benzene rings is 1. The molecule has 3 rings (SSSR count). The van der Waals surface area contributed by atoms with Gasteiger partial charge in [0.1, 0.15) is 0 Å². The molecule has 1 fully saturated rings. The molecule has 6 heteroatoms. The molecule has 1 amide bonds. The Morgan fingerprint density at radius 1 is 1.29 bits per heavy atom. The largest absolute Gasteiger partial charge is 0.348 e. The van der Waals surface area contributed by atoms with Crippen LogP contribution >= 0.6 is 0 Å². The maximum Gasteiger partial charge on any atom is 0.231 e. The molecular weight excluding hydrogens is 268 g/mol. The van der Waals surface area contributed by atoms with E-state index in [4.69, 9.17) is 0 Å². The first-order valence-corrected chi connectivity index (χ1v) is 7.11. The normalized spacial score (nSPS) is 17.3. The van der Waals surface area contributed by atoms with Crippen LogP contribution in [0.15, 0.2) is 41.2 Å². The fourth-order valence-electron chi connectivity index (χ4n) is 2.86. The van der Waals surface area contributed by atoms with Crippen LogP contribution in [0.25, 0.3) is 0 Å². The minimum absolute atomic E-state index is 0.0278. The van der Waals surface area contributed by atoms with Gasteiger partial charge in [-0.2, -0.15) is 4.98 Å². The van der Waals surface area contributed by atoms with Crippen LogP contribution < -0.4 is 10.6 Å². The van der Waals surface area contributed by atoms with Crippen LogP contribution in [0.1, 0.15) is 24.2 Å². The molecule has 2 heterocycles. The topological polar surface area (TPSA) is 80.1 Å². The average molecular weight is 286 g/mol. The lowest BCUT2D eigenvalue weighted by molar-refractivity contribution is -0.128. The number of nitrogens with one attached hydrogen (secondary N) is 2. The average Bonchev–Trinajstić information content (AvgIpc) is 3.07. The summed E-state index contributed by atoms with van der Waals surface area (Å²) in [5.41, 5.74) is 0.591. The Morgan fingerprint density at radius 2 is 2.05 bits per heavy atom. The van der Waals surface area contributed by atoms with E-state index in [0.717, 1.165) is 31.5 Å². The third kappa shape index (κ3) is 2.80. The Labute approximate surface area is 122 Å². The molecule has 1 aliphatic rings. The van der Waals surface area contributed by atoms with Crippen molar-refractivity contribution in [1.29, 1.82) is 0 Å². The summed E-state index contributed by atoms with van der Waals surface area (Å²) in [6.45, 7) is 1.96. The summed E-state index contributed by atoms with van der Waals surface area (Å²) in [6.07, 6.45) is 2.84. The fourth-order valence-corrected chi connectivity index (χ4v) is 2.86. The van der Waals surface area contributed by atoms with Crippen LogP contribution in [-0.2, 0) is 16.8 Å². The maximum atomic E-state index is 12.8. The van der Waals surface area contributed by atoms with Gasteiger partial charge in [0.25, 0.3) is 0 Å². The standard InChI is InChI=1S/C15H18N4O2/c20-14(17-10-13-18-11-21-19-13)15(6-8-16-9-7-15)12-4-2-1-3-5-12/h1-5,11,16H,6-10H2,(H,17,20). The number of nitrogens with zero attached hydrogens (tertiary/aromatic N) is 2. The van der Waals surface area contributed by atoms with Crippen LogP contribution in [0.3, 0.4) is 0 Å². The van der Waals surface area contributed by atoms with Crippen molar-refractivity contribution in [2.45, 2.75) is 24.8 Å². The highest BCUT2D eigenvalue weighted by atomic mass is 16.5. The molecule has 0 unspecified atom stereocenters. The summed E-state index contributed by atoms with van der Waals surface area (Å²) in [6, 6.07) is 9.98. The first kappa shape index (κ1) is 13.8. The second kappa shape index (κ2) is 6.05. The second-order valence-corrected chi connectivity index (χ2v) is 5.23. The number of rotatable bonds is 4. The first-order valence-electron chi connectivity index (χ1n) is 7.11. The molecule has 1 aromatic heterocycles. The molecule has 2 aromatic rings. The van der Waals surface area contributed by atoms with Crippen molar-refractivity contribution in [3.8, 4) is 0 Å². The molecular formula is C15H18N4O2. The van der Waals surface area contributed by atoms with Gasteiger partial charge in [-0.05, 0) is 31.5 Å². The molecule has 0 bridgehead atoms. The molecule has 0 aliphatic carbocycles. The molecule has 6 nitrogen and oxygen atoms in total. The van der Waals surface area contributed by atoms with Gasteiger partial charge >= 0.3 is 0 Å². The molecule has 0 atom stereocenters. The van der Waals surface area contributed by atoms with Gasteiger partial charge in [0.05, 0.1) is 12.0 Å². The van der Waals surface area contributed by atoms with Crippen LogP contribution in [0, 0.1) is 0 Å². The predicted octanol–water partition coefficient (Wildman–Crippen LogP) is 1.01. The van der Waals surface area contributed by atoms with Crippen LogP contribution in [0.4, 0.5) is 0 Å². The van der Waals surface area contributed by atoms with Crippen molar-refractivity contribution in [2.75, 3.05) is 13.1 Å². The first-order chi connectivity index (χ1) is 10.3. The molecule has 1 saturated heterocycles. The summed E-state index contributed by atoms with van der Waals surface area (Å²) >= 11 is 0. The summed E-state index contributed by atoms with van der Waals surface area (Å²) < 4.78 is 4.68. The molecule has 2 N–H and O–H groups in total. The van der Waals surface area contributed by atoms with E-state index in [9.17, 15) is 4.79 Å². The van der Waals surface area contributed by atoms with Crippen LogP contribution in [0.2, 0.25) is 0 Å². The van der Waals surface area contributed by atoms with Crippen molar-refractivity contribution in [1.82, 2.24) is 20.8 Å². The molecule has 0 saturated carbocycles. The SMILES string of the molecule is O=C(NCc1ncon1)C1(c2ccccc2)CCNCC1. The highest BCUT2D eigenvalue weighted by Crippen LogP contribution is 2.33. The van der Waals surface area contributed by atoms with Crippen LogP contribution in [-0.4, -0.2) is 29.1 Å². The molecule has 1 aliphatic heterocycles. The monoisotopic (exact) mass is 286 g/mol. The number of amides is 1. The third-order valence-corrected chi connectivity index (χ3v) is 4.03. The summed E-state index contributed by atoms with van der Waals surface area (Å²) in [5, 5.41) is 9.97. The van der Waals surface area contributed by atoms with E-state index in [0.29, 0.717) is 5.82 Å². The van der Waals surface area contributed by atoms with Crippen molar-refractivity contribution >= 4 is 5.91 Å². The maximum absolute atomic E-state index is 12.8. The van der Waals surface area contributed by atoms with E-state index in [1.165, 1.54) is 6.39 Å². The van der Waals surface area contributed by atoms with Crippen molar-refractivity contribution in [3.05, 3.63) is 48.1 Å². The molecule has 0 spiro atoms. The fraction of sp³-hybridized carbons (Fsp3) is 0.400. The van der Waals surface area contributed by atoms with E-state index < -0.39 is 5.41 Å².